The molecule has 2 rings (SSSR count). The summed E-state index contributed by atoms with van der Waals surface area (Å²) >= 11 is 0. The fourth-order valence-electron chi connectivity index (χ4n) is 1.83. The molecule has 102 valence electrons. The van der Waals surface area contributed by atoms with Crippen molar-refractivity contribution in [2.24, 2.45) is 0 Å². The third-order valence-electron chi connectivity index (χ3n) is 2.85. The molecule has 0 radical (unpaired) electrons. The number of hydrogen-bond donors (Lipinski definition) is 1. The van der Waals surface area contributed by atoms with Gasteiger partial charge in [-0.25, -0.2) is 14.4 Å². The van der Waals surface area contributed by atoms with Crippen molar-refractivity contribution in [1.29, 1.82) is 5.26 Å². The summed E-state index contributed by atoms with van der Waals surface area (Å²) in [6, 6.07) is 7.58. The largest absolute Gasteiger partial charge is 0.387 e. The number of anilines is 1. The van der Waals surface area contributed by atoms with E-state index < -0.39 is 6.10 Å². The molecule has 0 aliphatic carbocycles. The van der Waals surface area contributed by atoms with Crippen LogP contribution in [0.3, 0.4) is 0 Å². The molecule has 1 aromatic carbocycles. The molecule has 0 saturated carbocycles. The minimum atomic E-state index is -0.811. The Morgan fingerprint density at radius 3 is 2.60 bits per heavy atom. The Morgan fingerprint density at radius 2 is 1.95 bits per heavy atom. The van der Waals surface area contributed by atoms with Crippen molar-refractivity contribution in [3.8, 4) is 6.07 Å². The van der Waals surface area contributed by atoms with Crippen molar-refractivity contribution in [1.82, 2.24) is 9.97 Å². The van der Waals surface area contributed by atoms with E-state index in [-0.39, 0.29) is 18.1 Å². The Hall–Kier alpha value is -2.52. The van der Waals surface area contributed by atoms with Gasteiger partial charge in [-0.05, 0) is 17.7 Å². The van der Waals surface area contributed by atoms with Gasteiger partial charge in [0, 0.05) is 26.0 Å². The van der Waals surface area contributed by atoms with Gasteiger partial charge in [0.2, 0.25) is 0 Å². The third kappa shape index (κ3) is 3.08. The number of rotatable bonds is 4. The van der Waals surface area contributed by atoms with Gasteiger partial charge in [0.25, 0.3) is 0 Å². The first-order valence-electron chi connectivity index (χ1n) is 5.97. The van der Waals surface area contributed by atoms with E-state index in [0.717, 1.165) is 0 Å². The average Bonchev–Trinajstić information content (AvgIpc) is 2.47. The molecule has 6 heteroatoms. The van der Waals surface area contributed by atoms with Gasteiger partial charge < -0.3 is 10.0 Å². The van der Waals surface area contributed by atoms with Gasteiger partial charge in [-0.15, -0.1) is 0 Å². The minimum absolute atomic E-state index is 0.196. The monoisotopic (exact) mass is 272 g/mol. The molecule has 1 aromatic heterocycles. The quantitative estimate of drug-likeness (QED) is 0.916. The molecule has 0 bridgehead atoms. The fourth-order valence-corrected chi connectivity index (χ4v) is 1.83. The highest BCUT2D eigenvalue weighted by molar-refractivity contribution is 5.48. The normalized spacial score (nSPS) is 11.7. The lowest BCUT2D eigenvalue weighted by Crippen LogP contribution is -2.26. The number of nitrogens with zero attached hydrogens (tertiary/aromatic N) is 4. The summed E-state index contributed by atoms with van der Waals surface area (Å²) in [5.74, 6) is 0.0474. The van der Waals surface area contributed by atoms with Gasteiger partial charge in [-0.1, -0.05) is 12.1 Å². The second-order valence-electron chi connectivity index (χ2n) is 4.29. The molecule has 0 spiro atoms. The number of nitriles is 1. The average molecular weight is 272 g/mol. The van der Waals surface area contributed by atoms with E-state index in [2.05, 4.69) is 9.97 Å². The summed E-state index contributed by atoms with van der Waals surface area (Å²) in [7, 11) is 1.71. The number of hydrogen-bond acceptors (Lipinski definition) is 5. The minimum Gasteiger partial charge on any atom is -0.387 e. The first kappa shape index (κ1) is 13.9. The van der Waals surface area contributed by atoms with E-state index in [9.17, 15) is 9.50 Å². The van der Waals surface area contributed by atoms with Crippen molar-refractivity contribution in [2.45, 2.75) is 6.10 Å². The molecule has 1 N–H and O–H groups in total. The number of benzene rings is 1. The fraction of sp³-hybridized carbons (Fsp3) is 0.214. The van der Waals surface area contributed by atoms with Crippen LogP contribution >= 0.6 is 0 Å². The van der Waals surface area contributed by atoms with Crippen LogP contribution in [0.25, 0.3) is 0 Å². The molecule has 2 aromatic rings. The highest BCUT2D eigenvalue weighted by atomic mass is 19.1. The molecular weight excluding hydrogens is 259 g/mol. The molecule has 5 nitrogen and oxygen atoms in total. The highest BCUT2D eigenvalue weighted by Gasteiger charge is 2.15. The molecule has 1 heterocycles. The van der Waals surface area contributed by atoms with E-state index in [1.807, 2.05) is 6.07 Å². The SMILES string of the molecule is CN(C[C@H](O)c1ccc(F)cc1)c1nccnc1C#N. The smallest absolute Gasteiger partial charge is 0.183 e. The summed E-state index contributed by atoms with van der Waals surface area (Å²) in [5, 5.41) is 19.1. The first-order valence-corrected chi connectivity index (χ1v) is 5.97. The lowest BCUT2D eigenvalue weighted by molar-refractivity contribution is 0.184. The molecule has 0 aliphatic heterocycles. The molecule has 0 unspecified atom stereocenters. The van der Waals surface area contributed by atoms with Crippen LogP contribution in [-0.4, -0.2) is 28.7 Å². The lowest BCUT2D eigenvalue weighted by Gasteiger charge is -2.22. The van der Waals surface area contributed by atoms with Crippen LogP contribution in [0, 0.1) is 17.1 Å². The molecule has 0 amide bonds. The zero-order valence-corrected chi connectivity index (χ0v) is 10.9. The molecule has 20 heavy (non-hydrogen) atoms. The van der Waals surface area contributed by atoms with E-state index in [1.54, 1.807) is 11.9 Å². The van der Waals surface area contributed by atoms with Gasteiger partial charge in [-0.2, -0.15) is 5.26 Å². The van der Waals surface area contributed by atoms with E-state index in [1.165, 1.54) is 36.7 Å². The van der Waals surface area contributed by atoms with Crippen LogP contribution in [0.2, 0.25) is 0 Å². The Labute approximate surface area is 115 Å². The Bertz CT molecular complexity index is 624. The topological polar surface area (TPSA) is 73.0 Å². The summed E-state index contributed by atoms with van der Waals surface area (Å²) in [4.78, 5) is 9.63. The highest BCUT2D eigenvalue weighted by Crippen LogP contribution is 2.18. The maximum atomic E-state index is 12.8. The Kier molecular flexibility index (Phi) is 4.23. The predicted molar refractivity (Wildman–Crippen MR) is 71.4 cm³/mol. The standard InChI is InChI=1S/C14H13FN4O/c1-19(14-12(8-16)17-6-7-18-14)9-13(20)10-2-4-11(15)5-3-10/h2-7,13,20H,9H2,1H3/t13-/m0/s1. The second-order valence-corrected chi connectivity index (χ2v) is 4.29. The first-order chi connectivity index (χ1) is 9.61. The zero-order chi connectivity index (χ0) is 14.5. The molecule has 1 atom stereocenters. The Balaban J connectivity index is 2.13. The molecule has 0 fully saturated rings. The number of aliphatic hydroxyl groups is 1. The van der Waals surface area contributed by atoms with Gasteiger partial charge in [-0.3, -0.25) is 0 Å². The van der Waals surface area contributed by atoms with Crippen molar-refractivity contribution in [2.75, 3.05) is 18.5 Å². The zero-order valence-electron chi connectivity index (χ0n) is 10.9. The maximum absolute atomic E-state index is 12.8. The van der Waals surface area contributed by atoms with Crippen LogP contribution in [-0.2, 0) is 0 Å². The third-order valence-corrected chi connectivity index (χ3v) is 2.85. The predicted octanol–water partition coefficient (Wildman–Crippen LogP) is 1.66. The number of likely N-dealkylation sites (N-methyl/N-ethyl adjacent to an activating group) is 1. The van der Waals surface area contributed by atoms with Crippen LogP contribution < -0.4 is 4.90 Å². The summed E-state index contributed by atoms with van der Waals surface area (Å²) in [5.41, 5.74) is 0.793. The van der Waals surface area contributed by atoms with Crippen LogP contribution in [0.5, 0.6) is 0 Å². The van der Waals surface area contributed by atoms with Crippen LogP contribution in [0.4, 0.5) is 10.2 Å². The van der Waals surface area contributed by atoms with E-state index in [0.29, 0.717) is 11.4 Å². The van der Waals surface area contributed by atoms with Gasteiger partial charge in [0.1, 0.15) is 11.9 Å². The summed E-state index contributed by atoms with van der Waals surface area (Å²) in [6.45, 7) is 0.221. The second kappa shape index (κ2) is 6.08. The van der Waals surface area contributed by atoms with Gasteiger partial charge in [0.15, 0.2) is 11.5 Å². The number of halogens is 1. The van der Waals surface area contributed by atoms with Gasteiger partial charge in [0.05, 0.1) is 6.10 Å². The Morgan fingerprint density at radius 1 is 1.30 bits per heavy atom. The summed E-state index contributed by atoms with van der Waals surface area (Å²) < 4.78 is 12.8. The van der Waals surface area contributed by atoms with Crippen LogP contribution in [0.1, 0.15) is 17.4 Å². The van der Waals surface area contributed by atoms with E-state index in [4.69, 9.17) is 5.26 Å². The van der Waals surface area contributed by atoms with E-state index >= 15 is 0 Å². The van der Waals surface area contributed by atoms with Crippen molar-refractivity contribution < 1.29 is 9.50 Å². The van der Waals surface area contributed by atoms with Crippen molar-refractivity contribution in [3.05, 3.63) is 53.7 Å². The molecule has 0 aliphatic rings. The van der Waals surface area contributed by atoms with Gasteiger partial charge >= 0.3 is 0 Å². The molecular formula is C14H13FN4O. The number of aromatic nitrogens is 2. The molecule has 0 saturated heterocycles. The van der Waals surface area contributed by atoms with Crippen molar-refractivity contribution in [3.63, 3.8) is 0 Å². The van der Waals surface area contributed by atoms with Crippen molar-refractivity contribution >= 4 is 5.82 Å². The summed E-state index contributed by atoms with van der Waals surface area (Å²) in [6.07, 6.45) is 2.11. The van der Waals surface area contributed by atoms with Crippen LogP contribution in [0.15, 0.2) is 36.7 Å². The number of aliphatic hydroxyl groups excluding tert-OH is 1. The maximum Gasteiger partial charge on any atom is 0.183 e. The lowest BCUT2D eigenvalue weighted by atomic mass is 10.1.